The van der Waals surface area contributed by atoms with Gasteiger partial charge in [-0.3, -0.25) is 4.21 Å². The van der Waals surface area contributed by atoms with Crippen molar-refractivity contribution >= 4 is 10.8 Å². The van der Waals surface area contributed by atoms with Crippen LogP contribution in [-0.2, 0) is 17.2 Å². The number of halogens is 5. The monoisotopic (exact) mass is 606 g/mol. The van der Waals surface area contributed by atoms with Crippen LogP contribution in [0.1, 0.15) is 114 Å². The molecule has 0 bridgehead atoms. The number of hydrogen-bond donors (Lipinski definition) is 2. The normalized spacial score (nSPS) is 30.5. The molecule has 1 aromatic rings. The first-order chi connectivity index (χ1) is 19.3. The largest absolute Gasteiger partial charge is 0.508 e. The maximum atomic E-state index is 13.0. The molecule has 234 valence electrons. The van der Waals surface area contributed by atoms with Gasteiger partial charge in [0.05, 0.1) is 6.10 Å². The van der Waals surface area contributed by atoms with Gasteiger partial charge in [0.1, 0.15) is 5.75 Å². The number of unbranched alkanes of at least 4 members (excludes halogenated alkanes) is 6. The highest BCUT2D eigenvalue weighted by molar-refractivity contribution is 7.84. The van der Waals surface area contributed by atoms with E-state index in [9.17, 15) is 36.4 Å². The van der Waals surface area contributed by atoms with Gasteiger partial charge in [-0.25, -0.2) is 0 Å². The second-order valence-electron chi connectivity index (χ2n) is 13.2. The summed E-state index contributed by atoms with van der Waals surface area (Å²) < 4.78 is 74.5. The predicted molar refractivity (Wildman–Crippen MR) is 153 cm³/mol. The number of aliphatic hydroxyl groups is 1. The zero-order valence-electron chi connectivity index (χ0n) is 24.2. The first-order valence-electron chi connectivity index (χ1n) is 15.6. The third-order valence-corrected chi connectivity index (χ3v) is 12.0. The van der Waals surface area contributed by atoms with Crippen LogP contribution in [0.4, 0.5) is 22.0 Å². The molecule has 2 N–H and O–H groups in total. The van der Waals surface area contributed by atoms with Gasteiger partial charge in [-0.1, -0.05) is 51.5 Å². The molecule has 1 aromatic carbocycles. The molecule has 3 aliphatic carbocycles. The molecule has 7 atom stereocenters. The Morgan fingerprint density at radius 2 is 1.59 bits per heavy atom. The number of benzene rings is 1. The fraction of sp³-hybridized carbons (Fsp3) is 0.812. The Balaban J connectivity index is 1.15. The van der Waals surface area contributed by atoms with Crippen molar-refractivity contribution in [3.63, 3.8) is 0 Å². The molecular weight excluding hydrogens is 559 g/mol. The van der Waals surface area contributed by atoms with E-state index >= 15 is 0 Å². The number of phenols is 1. The molecule has 0 spiro atoms. The highest BCUT2D eigenvalue weighted by Crippen LogP contribution is 2.62. The Morgan fingerprint density at radius 3 is 2.29 bits per heavy atom. The minimum Gasteiger partial charge on any atom is -0.508 e. The summed E-state index contributed by atoms with van der Waals surface area (Å²) in [4.78, 5) is 0. The first-order valence-corrected chi connectivity index (χ1v) is 17.1. The van der Waals surface area contributed by atoms with Crippen LogP contribution in [-0.4, -0.2) is 44.1 Å². The number of aliphatic hydroxyl groups excluding tert-OH is 1. The second kappa shape index (κ2) is 13.6. The molecule has 0 radical (unpaired) electrons. The molecule has 0 aliphatic heterocycles. The average Bonchev–Trinajstić information content (AvgIpc) is 3.20. The van der Waals surface area contributed by atoms with Gasteiger partial charge in [-0.05, 0) is 104 Å². The first kappa shape index (κ1) is 32.7. The lowest BCUT2D eigenvalue weighted by Gasteiger charge is -2.53. The Labute approximate surface area is 244 Å². The molecule has 9 heteroatoms. The van der Waals surface area contributed by atoms with E-state index < -0.39 is 35.7 Å². The topological polar surface area (TPSA) is 57.5 Å². The molecule has 2 saturated carbocycles. The van der Waals surface area contributed by atoms with Crippen LogP contribution in [0.25, 0.3) is 0 Å². The second-order valence-corrected chi connectivity index (χ2v) is 14.9. The fourth-order valence-corrected chi connectivity index (χ4v) is 9.48. The van der Waals surface area contributed by atoms with Crippen molar-refractivity contribution in [2.24, 2.45) is 23.2 Å². The lowest BCUT2D eigenvalue weighted by Crippen LogP contribution is -2.47. The number of aromatic hydroxyl groups is 1. The van der Waals surface area contributed by atoms with Crippen molar-refractivity contribution in [1.29, 1.82) is 0 Å². The van der Waals surface area contributed by atoms with E-state index in [0.29, 0.717) is 41.6 Å². The number of fused-ring (bicyclic) bond motifs is 5. The van der Waals surface area contributed by atoms with Crippen molar-refractivity contribution in [3.8, 4) is 5.75 Å². The van der Waals surface area contributed by atoms with Gasteiger partial charge in [-0.2, -0.15) is 22.0 Å². The van der Waals surface area contributed by atoms with E-state index in [0.717, 1.165) is 77.0 Å². The quantitative estimate of drug-likeness (QED) is 0.165. The molecule has 6 unspecified atom stereocenters. The summed E-state index contributed by atoms with van der Waals surface area (Å²) in [6.07, 6.45) is 5.97. The van der Waals surface area contributed by atoms with Crippen LogP contribution in [0.5, 0.6) is 5.75 Å². The van der Waals surface area contributed by atoms with Crippen molar-refractivity contribution in [2.45, 2.75) is 127 Å². The summed E-state index contributed by atoms with van der Waals surface area (Å²) in [5.74, 6) is -1.91. The van der Waals surface area contributed by atoms with Crippen LogP contribution < -0.4 is 0 Å². The zero-order chi connectivity index (χ0) is 29.8. The van der Waals surface area contributed by atoms with Crippen molar-refractivity contribution in [2.75, 3.05) is 11.5 Å². The smallest absolute Gasteiger partial charge is 0.453 e. The summed E-state index contributed by atoms with van der Waals surface area (Å²) in [6, 6.07) is 5.92. The van der Waals surface area contributed by atoms with Gasteiger partial charge in [0.2, 0.25) is 0 Å². The van der Waals surface area contributed by atoms with Crippen molar-refractivity contribution in [1.82, 2.24) is 0 Å². The van der Waals surface area contributed by atoms with Gasteiger partial charge in [0.15, 0.2) is 0 Å². The number of hydrogen-bond acceptors (Lipinski definition) is 3. The van der Waals surface area contributed by atoms with E-state index in [1.165, 1.54) is 11.1 Å². The summed E-state index contributed by atoms with van der Waals surface area (Å²) >= 11 is 0. The Kier molecular flexibility index (Phi) is 10.8. The van der Waals surface area contributed by atoms with Crippen LogP contribution in [0.3, 0.4) is 0 Å². The van der Waals surface area contributed by atoms with Gasteiger partial charge in [0.25, 0.3) is 0 Å². The van der Waals surface area contributed by atoms with Crippen LogP contribution in [0, 0.1) is 23.2 Å². The summed E-state index contributed by atoms with van der Waals surface area (Å²) in [5.41, 5.74) is 2.73. The molecular formula is C32H47F5O3S. The molecule has 3 aliphatic rings. The van der Waals surface area contributed by atoms with E-state index in [2.05, 4.69) is 13.0 Å². The molecule has 4 rings (SSSR count). The van der Waals surface area contributed by atoms with E-state index in [-0.39, 0.29) is 17.3 Å². The molecule has 0 amide bonds. The van der Waals surface area contributed by atoms with E-state index in [1.807, 2.05) is 12.1 Å². The molecule has 3 nitrogen and oxygen atoms in total. The standard InChI is InChI=1S/C32H47F5O3S/c1-30-17-15-26-25-12-11-24(38)21-23(25)20-22(29(26)27(30)13-14-28(30)39)10-7-5-3-2-4-6-8-18-41(40)19-9-16-31(33,34)32(35,36)37/h11-12,21-22,26-29,38-39H,2-10,13-20H2,1H3/t22?,26?,27?,28?,29?,30-,41?/m0/s1. The molecule has 0 heterocycles. The van der Waals surface area contributed by atoms with E-state index in [1.54, 1.807) is 0 Å². The molecule has 0 aromatic heterocycles. The minimum absolute atomic E-state index is 0.0195. The molecule has 41 heavy (non-hydrogen) atoms. The predicted octanol–water partition coefficient (Wildman–Crippen LogP) is 8.68. The molecule has 2 fully saturated rings. The SMILES string of the molecule is C[C@]12CCC3c4ccc(O)cc4CC(CCCCCCCCCS(=O)CCCC(F)(F)C(F)(F)F)C3C1CCC2O. The highest BCUT2D eigenvalue weighted by Gasteiger charge is 2.57. The minimum atomic E-state index is -5.54. The third-order valence-electron chi connectivity index (χ3n) is 10.6. The maximum absolute atomic E-state index is 13.0. The number of alkyl halides is 5. The Hall–Kier alpha value is -1.22. The van der Waals surface area contributed by atoms with Crippen LogP contribution in [0.15, 0.2) is 18.2 Å². The van der Waals surface area contributed by atoms with Gasteiger partial charge >= 0.3 is 12.1 Å². The summed E-state index contributed by atoms with van der Waals surface area (Å²) in [6.45, 7) is 2.30. The Bertz CT molecular complexity index is 1030. The van der Waals surface area contributed by atoms with Crippen LogP contribution in [0.2, 0.25) is 0 Å². The average molecular weight is 607 g/mol. The van der Waals surface area contributed by atoms with Gasteiger partial charge in [0, 0.05) is 28.7 Å². The van der Waals surface area contributed by atoms with Crippen molar-refractivity contribution in [3.05, 3.63) is 29.3 Å². The zero-order valence-corrected chi connectivity index (χ0v) is 25.1. The fourth-order valence-electron chi connectivity index (χ4n) is 8.28. The van der Waals surface area contributed by atoms with Gasteiger partial charge in [-0.15, -0.1) is 0 Å². The molecule has 0 saturated heterocycles. The van der Waals surface area contributed by atoms with Crippen LogP contribution >= 0.6 is 0 Å². The van der Waals surface area contributed by atoms with Gasteiger partial charge < -0.3 is 10.2 Å². The summed E-state index contributed by atoms with van der Waals surface area (Å²) in [7, 11) is -1.35. The lowest BCUT2D eigenvalue weighted by molar-refractivity contribution is -0.284. The van der Waals surface area contributed by atoms with Crippen molar-refractivity contribution < 1.29 is 36.4 Å². The maximum Gasteiger partial charge on any atom is 0.453 e. The van der Waals surface area contributed by atoms with E-state index in [4.69, 9.17) is 0 Å². The summed E-state index contributed by atoms with van der Waals surface area (Å²) in [5, 5.41) is 21.0. The lowest BCUT2D eigenvalue weighted by atomic mass is 9.52. The number of rotatable bonds is 14. The number of phenolic OH excluding ortho intramolecular Hbond substituents is 1. The Morgan fingerprint density at radius 1 is 0.927 bits per heavy atom. The third kappa shape index (κ3) is 7.66. The highest BCUT2D eigenvalue weighted by atomic mass is 32.2.